The quantitative estimate of drug-likeness (QED) is 0.501. The minimum Gasteiger partial charge on any atom is -0.381 e. The lowest BCUT2D eigenvalue weighted by Crippen LogP contribution is -2.05. The predicted molar refractivity (Wildman–Crippen MR) is 61.2 cm³/mol. The van der Waals surface area contributed by atoms with Gasteiger partial charge in [-0.2, -0.15) is 0 Å². The van der Waals surface area contributed by atoms with E-state index in [0.29, 0.717) is 0 Å². The summed E-state index contributed by atoms with van der Waals surface area (Å²) >= 11 is 0. The molecular formula is C11H26N2O. The number of unbranched alkanes of at least 4 members (excludes halogenated alkanes) is 5. The van der Waals surface area contributed by atoms with Gasteiger partial charge in [0.15, 0.2) is 0 Å². The van der Waals surface area contributed by atoms with E-state index in [4.69, 9.17) is 16.2 Å². The molecule has 0 atom stereocenters. The number of hydrogen-bond acceptors (Lipinski definition) is 3. The van der Waals surface area contributed by atoms with Gasteiger partial charge in [-0.1, -0.05) is 25.7 Å². The third-order valence-corrected chi connectivity index (χ3v) is 2.24. The smallest absolute Gasteiger partial charge is 0.0478 e. The summed E-state index contributed by atoms with van der Waals surface area (Å²) in [4.78, 5) is 0. The van der Waals surface area contributed by atoms with E-state index in [1.807, 2.05) is 0 Å². The molecule has 0 heterocycles. The Kier molecular flexibility index (Phi) is 12.8. The summed E-state index contributed by atoms with van der Waals surface area (Å²) in [6.45, 7) is 3.29. The van der Waals surface area contributed by atoms with Gasteiger partial charge in [-0.25, -0.2) is 0 Å². The van der Waals surface area contributed by atoms with E-state index in [-0.39, 0.29) is 0 Å². The Hall–Kier alpha value is -0.120. The molecule has 0 aromatic carbocycles. The Morgan fingerprint density at radius 3 is 1.71 bits per heavy atom. The third kappa shape index (κ3) is 11.9. The van der Waals surface area contributed by atoms with Gasteiger partial charge in [-0.3, -0.25) is 0 Å². The van der Waals surface area contributed by atoms with Crippen LogP contribution in [0, 0.1) is 0 Å². The summed E-state index contributed by atoms with van der Waals surface area (Å²) in [5.41, 5.74) is 10.8. The Labute approximate surface area is 88.2 Å². The van der Waals surface area contributed by atoms with Crippen LogP contribution in [0.25, 0.3) is 0 Å². The van der Waals surface area contributed by atoms with Crippen LogP contribution in [0.1, 0.15) is 44.9 Å². The van der Waals surface area contributed by atoms with Crippen molar-refractivity contribution in [1.82, 2.24) is 0 Å². The van der Waals surface area contributed by atoms with E-state index in [1.54, 1.807) is 0 Å². The van der Waals surface area contributed by atoms with Crippen molar-refractivity contribution in [1.29, 1.82) is 0 Å². The molecule has 0 aromatic heterocycles. The van der Waals surface area contributed by atoms with Crippen LogP contribution in [0.3, 0.4) is 0 Å². The van der Waals surface area contributed by atoms with Crippen LogP contribution in [-0.2, 0) is 4.74 Å². The second-order valence-corrected chi connectivity index (χ2v) is 3.66. The van der Waals surface area contributed by atoms with Crippen molar-refractivity contribution in [3.05, 3.63) is 0 Å². The molecule has 0 saturated heterocycles. The molecule has 0 bridgehead atoms. The number of rotatable bonds is 11. The summed E-state index contributed by atoms with van der Waals surface area (Å²) in [5.74, 6) is 0. The van der Waals surface area contributed by atoms with Crippen molar-refractivity contribution in [3.63, 3.8) is 0 Å². The molecule has 0 aromatic rings. The summed E-state index contributed by atoms with van der Waals surface area (Å²) in [5, 5.41) is 0. The molecule has 3 nitrogen and oxygen atoms in total. The van der Waals surface area contributed by atoms with E-state index in [0.717, 1.165) is 32.7 Å². The zero-order chi connectivity index (χ0) is 10.5. The Balaban J connectivity index is 2.78. The molecule has 0 unspecified atom stereocenters. The standard InChI is InChI=1S/C11H26N2O/c12-8-5-3-1-2-4-6-10-14-11-7-9-13/h1-13H2. The van der Waals surface area contributed by atoms with E-state index in [9.17, 15) is 0 Å². The Morgan fingerprint density at radius 1 is 0.571 bits per heavy atom. The highest BCUT2D eigenvalue weighted by Crippen LogP contribution is 2.04. The fourth-order valence-corrected chi connectivity index (χ4v) is 1.34. The van der Waals surface area contributed by atoms with E-state index >= 15 is 0 Å². The van der Waals surface area contributed by atoms with Gasteiger partial charge in [-0.05, 0) is 32.4 Å². The minimum absolute atomic E-state index is 0.735. The Bertz CT molecular complexity index is 87.3. The third-order valence-electron chi connectivity index (χ3n) is 2.24. The van der Waals surface area contributed by atoms with Crippen molar-refractivity contribution in [2.45, 2.75) is 44.9 Å². The molecule has 4 N–H and O–H groups in total. The molecule has 0 fully saturated rings. The lowest BCUT2D eigenvalue weighted by molar-refractivity contribution is 0.129. The maximum Gasteiger partial charge on any atom is 0.0478 e. The first-order valence-electron chi connectivity index (χ1n) is 5.89. The predicted octanol–water partition coefficient (Wildman–Crippen LogP) is 1.65. The summed E-state index contributed by atoms with van der Waals surface area (Å²) in [6.07, 6.45) is 8.55. The molecule has 0 spiro atoms. The first kappa shape index (κ1) is 13.9. The van der Waals surface area contributed by atoms with Crippen molar-refractivity contribution in [2.24, 2.45) is 11.5 Å². The molecule has 0 aliphatic carbocycles. The van der Waals surface area contributed by atoms with Crippen molar-refractivity contribution < 1.29 is 4.74 Å². The van der Waals surface area contributed by atoms with Gasteiger partial charge < -0.3 is 16.2 Å². The average molecular weight is 202 g/mol. The molecule has 0 saturated carbocycles. The van der Waals surface area contributed by atoms with Crippen LogP contribution in [0.2, 0.25) is 0 Å². The number of nitrogens with two attached hydrogens (primary N) is 2. The average Bonchev–Trinajstić information content (AvgIpc) is 2.21. The van der Waals surface area contributed by atoms with Crippen molar-refractivity contribution in [2.75, 3.05) is 26.3 Å². The van der Waals surface area contributed by atoms with Crippen LogP contribution in [-0.4, -0.2) is 26.3 Å². The van der Waals surface area contributed by atoms with E-state index < -0.39 is 0 Å². The molecule has 3 heteroatoms. The van der Waals surface area contributed by atoms with E-state index in [1.165, 1.54) is 38.5 Å². The maximum absolute atomic E-state index is 5.41. The van der Waals surface area contributed by atoms with Gasteiger partial charge in [0.25, 0.3) is 0 Å². The van der Waals surface area contributed by atoms with Crippen LogP contribution in [0.4, 0.5) is 0 Å². The molecule has 0 aliphatic rings. The largest absolute Gasteiger partial charge is 0.381 e. The van der Waals surface area contributed by atoms with Crippen molar-refractivity contribution in [3.8, 4) is 0 Å². The van der Waals surface area contributed by atoms with Crippen LogP contribution < -0.4 is 11.5 Å². The molecule has 0 aliphatic heterocycles. The molecular weight excluding hydrogens is 176 g/mol. The van der Waals surface area contributed by atoms with Gasteiger partial charge in [0, 0.05) is 13.2 Å². The normalized spacial score (nSPS) is 10.7. The van der Waals surface area contributed by atoms with Gasteiger partial charge in [0.2, 0.25) is 0 Å². The van der Waals surface area contributed by atoms with Crippen LogP contribution in [0.15, 0.2) is 0 Å². The van der Waals surface area contributed by atoms with Gasteiger partial charge >= 0.3 is 0 Å². The maximum atomic E-state index is 5.41. The number of ether oxygens (including phenoxy) is 1. The summed E-state index contributed by atoms with van der Waals surface area (Å²) in [7, 11) is 0. The lowest BCUT2D eigenvalue weighted by atomic mass is 10.1. The highest BCUT2D eigenvalue weighted by atomic mass is 16.5. The molecule has 0 rings (SSSR count). The van der Waals surface area contributed by atoms with Crippen molar-refractivity contribution >= 4 is 0 Å². The van der Waals surface area contributed by atoms with E-state index in [2.05, 4.69) is 0 Å². The Morgan fingerprint density at radius 2 is 1.07 bits per heavy atom. The molecule has 14 heavy (non-hydrogen) atoms. The fraction of sp³-hybridized carbons (Fsp3) is 1.00. The monoisotopic (exact) mass is 202 g/mol. The van der Waals surface area contributed by atoms with Gasteiger partial charge in [0.05, 0.1) is 0 Å². The minimum atomic E-state index is 0.735. The lowest BCUT2D eigenvalue weighted by Gasteiger charge is -2.03. The SMILES string of the molecule is NCCCCCCCCOCCCN. The van der Waals surface area contributed by atoms with Crippen LogP contribution >= 0.6 is 0 Å². The first-order chi connectivity index (χ1) is 6.91. The highest BCUT2D eigenvalue weighted by Gasteiger charge is 1.91. The topological polar surface area (TPSA) is 61.3 Å². The molecule has 0 radical (unpaired) electrons. The van der Waals surface area contributed by atoms with Crippen LogP contribution in [0.5, 0.6) is 0 Å². The highest BCUT2D eigenvalue weighted by molar-refractivity contribution is 4.46. The second kappa shape index (κ2) is 12.9. The summed E-state index contributed by atoms with van der Waals surface area (Å²) in [6, 6.07) is 0. The fourth-order valence-electron chi connectivity index (χ4n) is 1.34. The zero-order valence-corrected chi connectivity index (χ0v) is 9.34. The number of hydrogen-bond donors (Lipinski definition) is 2. The van der Waals surface area contributed by atoms with Gasteiger partial charge in [0.1, 0.15) is 0 Å². The molecule has 86 valence electrons. The molecule has 0 amide bonds. The zero-order valence-electron chi connectivity index (χ0n) is 9.34. The van der Waals surface area contributed by atoms with Gasteiger partial charge in [-0.15, -0.1) is 0 Å². The summed E-state index contributed by atoms with van der Waals surface area (Å²) < 4.78 is 5.40. The first-order valence-corrected chi connectivity index (χ1v) is 5.89. The second-order valence-electron chi connectivity index (χ2n) is 3.66.